The Labute approximate surface area is 107 Å². The third kappa shape index (κ3) is 3.47. The number of hydrogen-bond acceptors (Lipinski definition) is 4. The number of rotatable bonds is 5. The van der Waals surface area contributed by atoms with E-state index in [2.05, 4.69) is 4.90 Å². The second-order valence-electron chi connectivity index (χ2n) is 4.42. The highest BCUT2D eigenvalue weighted by atomic mass is 16.4. The molecule has 0 aliphatic rings. The van der Waals surface area contributed by atoms with Crippen molar-refractivity contribution in [2.75, 3.05) is 7.05 Å². The maximum atomic E-state index is 9.12. The Bertz CT molecular complexity index is 485. The smallest absolute Gasteiger partial charge is 0.472 e. The molecule has 18 heavy (non-hydrogen) atoms. The normalized spacial score (nSPS) is 10.9. The van der Waals surface area contributed by atoms with Crippen LogP contribution in [0.5, 0.6) is 0 Å². The van der Waals surface area contributed by atoms with Gasteiger partial charge in [0.25, 0.3) is 0 Å². The van der Waals surface area contributed by atoms with Gasteiger partial charge in [0.1, 0.15) is 0 Å². The van der Waals surface area contributed by atoms with Crippen LogP contribution in [0.1, 0.15) is 11.1 Å². The van der Waals surface area contributed by atoms with Gasteiger partial charge < -0.3 is 14.5 Å². The van der Waals surface area contributed by atoms with Crippen molar-refractivity contribution < 1.29 is 14.5 Å². The van der Waals surface area contributed by atoms with Crippen molar-refractivity contribution in [3.05, 3.63) is 54.0 Å². The van der Waals surface area contributed by atoms with Crippen LogP contribution in [0.15, 0.2) is 47.3 Å². The number of hydrogen-bond donors (Lipinski definition) is 2. The van der Waals surface area contributed by atoms with Gasteiger partial charge in [-0.25, -0.2) is 0 Å². The summed E-state index contributed by atoms with van der Waals surface area (Å²) >= 11 is 0. The van der Waals surface area contributed by atoms with Gasteiger partial charge in [0.15, 0.2) is 0 Å². The lowest BCUT2D eigenvalue weighted by Gasteiger charge is -2.16. The molecule has 2 rings (SSSR count). The van der Waals surface area contributed by atoms with Crippen LogP contribution in [0.25, 0.3) is 0 Å². The lowest BCUT2D eigenvalue weighted by molar-refractivity contribution is 0.318. The molecule has 5 heteroatoms. The maximum absolute atomic E-state index is 9.12. The fraction of sp³-hybridized carbons (Fsp3) is 0.231. The van der Waals surface area contributed by atoms with Crippen LogP contribution in [0.4, 0.5) is 0 Å². The molecule has 0 saturated carbocycles. The molecule has 0 radical (unpaired) electrons. The molecule has 0 fully saturated rings. The Morgan fingerprint density at radius 1 is 1.17 bits per heavy atom. The first kappa shape index (κ1) is 12.9. The molecule has 0 atom stereocenters. The molecule has 1 aromatic carbocycles. The van der Waals surface area contributed by atoms with E-state index in [0.717, 1.165) is 24.2 Å². The summed E-state index contributed by atoms with van der Waals surface area (Å²) in [6.07, 6.45) is 3.39. The molecule has 4 nitrogen and oxygen atoms in total. The van der Waals surface area contributed by atoms with Gasteiger partial charge >= 0.3 is 7.12 Å². The molecule has 94 valence electrons. The van der Waals surface area contributed by atoms with Crippen molar-refractivity contribution in [2.45, 2.75) is 13.1 Å². The number of benzene rings is 1. The highest BCUT2D eigenvalue weighted by Gasteiger charge is 2.11. The van der Waals surface area contributed by atoms with E-state index in [9.17, 15) is 0 Å². The summed E-state index contributed by atoms with van der Waals surface area (Å²) in [6, 6.07) is 9.23. The van der Waals surface area contributed by atoms with Crippen molar-refractivity contribution >= 4 is 12.6 Å². The van der Waals surface area contributed by atoms with Gasteiger partial charge in [0.2, 0.25) is 0 Å². The van der Waals surface area contributed by atoms with Crippen LogP contribution in [0.3, 0.4) is 0 Å². The second kappa shape index (κ2) is 5.86. The quantitative estimate of drug-likeness (QED) is 0.757. The minimum absolute atomic E-state index is 0.518. The Kier molecular flexibility index (Phi) is 4.20. The first-order chi connectivity index (χ1) is 8.65. The zero-order valence-electron chi connectivity index (χ0n) is 10.3. The van der Waals surface area contributed by atoms with Gasteiger partial charge in [-0.1, -0.05) is 24.3 Å². The topological polar surface area (TPSA) is 56.8 Å². The van der Waals surface area contributed by atoms with Crippen molar-refractivity contribution in [1.82, 2.24) is 4.90 Å². The predicted molar refractivity (Wildman–Crippen MR) is 70.1 cm³/mol. The van der Waals surface area contributed by atoms with Crippen molar-refractivity contribution in [1.29, 1.82) is 0 Å². The van der Waals surface area contributed by atoms with Crippen LogP contribution < -0.4 is 5.46 Å². The highest BCUT2D eigenvalue weighted by molar-refractivity contribution is 6.58. The molecule has 1 aromatic heterocycles. The SMILES string of the molecule is CN(Cc1ccoc1)Cc1cccc(B(O)O)c1. The van der Waals surface area contributed by atoms with Crippen LogP contribution in [0.2, 0.25) is 0 Å². The standard InChI is InChI=1S/C13H16BNO3/c1-15(9-12-5-6-18-10-12)8-11-3-2-4-13(7-11)14(16)17/h2-7,10,16-17H,8-9H2,1H3. The minimum atomic E-state index is -1.41. The summed E-state index contributed by atoms with van der Waals surface area (Å²) in [6.45, 7) is 1.54. The van der Waals surface area contributed by atoms with Crippen LogP contribution >= 0.6 is 0 Å². The zero-order chi connectivity index (χ0) is 13.0. The minimum Gasteiger partial charge on any atom is -0.472 e. The average Bonchev–Trinajstić information content (AvgIpc) is 2.82. The Morgan fingerprint density at radius 3 is 2.61 bits per heavy atom. The molecule has 0 unspecified atom stereocenters. The monoisotopic (exact) mass is 245 g/mol. The fourth-order valence-corrected chi connectivity index (χ4v) is 1.91. The molecule has 0 saturated heterocycles. The molecule has 0 bridgehead atoms. The van der Waals surface area contributed by atoms with Crippen molar-refractivity contribution in [3.63, 3.8) is 0 Å². The predicted octanol–water partition coefficient (Wildman–Crippen LogP) is 0.591. The zero-order valence-corrected chi connectivity index (χ0v) is 10.3. The van der Waals surface area contributed by atoms with E-state index in [1.165, 1.54) is 0 Å². The maximum Gasteiger partial charge on any atom is 0.488 e. The van der Waals surface area contributed by atoms with Gasteiger partial charge in [0.05, 0.1) is 12.5 Å². The first-order valence-corrected chi connectivity index (χ1v) is 5.80. The van der Waals surface area contributed by atoms with Gasteiger partial charge in [-0.2, -0.15) is 0 Å². The van der Waals surface area contributed by atoms with E-state index >= 15 is 0 Å². The molecule has 0 aliphatic carbocycles. The Morgan fingerprint density at radius 2 is 1.94 bits per heavy atom. The van der Waals surface area contributed by atoms with Crippen molar-refractivity contribution in [3.8, 4) is 0 Å². The van der Waals surface area contributed by atoms with Gasteiger partial charge in [-0.05, 0) is 24.1 Å². The molecule has 0 spiro atoms. The summed E-state index contributed by atoms with van der Waals surface area (Å²) in [5, 5.41) is 18.2. The largest absolute Gasteiger partial charge is 0.488 e. The summed E-state index contributed by atoms with van der Waals surface area (Å²) < 4.78 is 5.02. The van der Waals surface area contributed by atoms with Crippen molar-refractivity contribution in [2.24, 2.45) is 0 Å². The lowest BCUT2D eigenvalue weighted by atomic mass is 9.79. The molecule has 0 aliphatic heterocycles. The average molecular weight is 245 g/mol. The fourth-order valence-electron chi connectivity index (χ4n) is 1.91. The molecule has 2 aromatic rings. The van der Waals surface area contributed by atoms with E-state index in [1.54, 1.807) is 24.7 Å². The Balaban J connectivity index is 1.98. The molecule has 1 heterocycles. The highest BCUT2D eigenvalue weighted by Crippen LogP contribution is 2.07. The van der Waals surface area contributed by atoms with Crippen LogP contribution in [0, 0.1) is 0 Å². The molecule has 0 amide bonds. The summed E-state index contributed by atoms with van der Waals surface area (Å²) in [5.74, 6) is 0. The summed E-state index contributed by atoms with van der Waals surface area (Å²) in [5.41, 5.74) is 2.69. The van der Waals surface area contributed by atoms with Gasteiger partial charge in [-0.3, -0.25) is 4.90 Å². The Hall–Kier alpha value is -1.56. The molecular weight excluding hydrogens is 229 g/mol. The van der Waals surface area contributed by atoms with E-state index in [-0.39, 0.29) is 0 Å². The van der Waals surface area contributed by atoms with E-state index in [0.29, 0.717) is 5.46 Å². The van der Waals surface area contributed by atoms with E-state index in [4.69, 9.17) is 14.5 Å². The summed E-state index contributed by atoms with van der Waals surface area (Å²) in [7, 11) is 0.596. The number of furan rings is 1. The third-order valence-corrected chi connectivity index (χ3v) is 2.73. The van der Waals surface area contributed by atoms with E-state index < -0.39 is 7.12 Å². The number of nitrogens with zero attached hydrogens (tertiary/aromatic N) is 1. The van der Waals surface area contributed by atoms with Gasteiger partial charge in [-0.15, -0.1) is 0 Å². The molecular formula is C13H16BNO3. The van der Waals surface area contributed by atoms with Crippen LogP contribution in [-0.2, 0) is 13.1 Å². The van der Waals surface area contributed by atoms with E-state index in [1.807, 2.05) is 25.2 Å². The molecule has 2 N–H and O–H groups in total. The van der Waals surface area contributed by atoms with Gasteiger partial charge in [0, 0.05) is 18.7 Å². The lowest BCUT2D eigenvalue weighted by Crippen LogP contribution is -2.30. The second-order valence-corrected chi connectivity index (χ2v) is 4.42. The van der Waals surface area contributed by atoms with Crippen LogP contribution in [-0.4, -0.2) is 29.1 Å². The third-order valence-electron chi connectivity index (χ3n) is 2.73. The summed E-state index contributed by atoms with van der Waals surface area (Å²) in [4.78, 5) is 2.13. The first-order valence-electron chi connectivity index (χ1n) is 5.80.